The average molecular weight is 816 g/mol. The summed E-state index contributed by atoms with van der Waals surface area (Å²) in [6.07, 6.45) is 8.69. The Hall–Kier alpha value is -2.90. The number of fused-ring (bicyclic) bond motifs is 3. The van der Waals surface area contributed by atoms with Gasteiger partial charge in [0, 0.05) is 39.0 Å². The highest BCUT2D eigenvalue weighted by Crippen LogP contribution is 2.39. The molecule has 12 nitrogen and oxygen atoms in total. The molecule has 0 radical (unpaired) electrons. The second-order valence-electron chi connectivity index (χ2n) is 17.8. The molecular weight excluding hydrogens is 743 g/mol. The van der Waals surface area contributed by atoms with Crippen molar-refractivity contribution >= 4 is 23.4 Å². The van der Waals surface area contributed by atoms with Gasteiger partial charge in [-0.2, -0.15) is 0 Å². The summed E-state index contributed by atoms with van der Waals surface area (Å²) < 4.78 is 30.4. The number of ketones is 2. The fourth-order valence-electron chi connectivity index (χ4n) is 9.59. The van der Waals surface area contributed by atoms with Gasteiger partial charge in [-0.15, -0.1) is 0 Å². The number of cyclic esters (lactones) is 1. The number of carbonyl (C=O) groups is 4. The first kappa shape index (κ1) is 47.8. The van der Waals surface area contributed by atoms with Gasteiger partial charge < -0.3 is 38.8 Å². The molecule has 0 aromatic rings. The summed E-state index contributed by atoms with van der Waals surface area (Å²) in [5, 5.41) is 23.0. The minimum atomic E-state index is -2.47. The third kappa shape index (κ3) is 11.7. The molecule has 1 amide bonds. The Bertz CT molecular complexity index is 1520. The fourth-order valence-corrected chi connectivity index (χ4v) is 9.59. The summed E-state index contributed by atoms with van der Waals surface area (Å²) in [4.78, 5) is 57.8. The van der Waals surface area contributed by atoms with Gasteiger partial charge in [0.2, 0.25) is 5.79 Å². The molecule has 328 valence electrons. The van der Waals surface area contributed by atoms with Crippen LogP contribution in [0, 0.1) is 29.6 Å². The Balaban J connectivity index is 1.71. The minimum absolute atomic E-state index is 0.0151. The molecule has 2 N–H and O–H groups in total. The molecule has 0 spiro atoms. The number of hydrogen-bond acceptors (Lipinski definition) is 11. The van der Waals surface area contributed by atoms with Crippen LogP contribution in [-0.2, 0) is 42.9 Å². The maximum absolute atomic E-state index is 14.3. The highest BCUT2D eigenvalue weighted by molar-refractivity contribution is 6.39. The quantitative estimate of drug-likeness (QED) is 0.121. The predicted octanol–water partition coefficient (Wildman–Crippen LogP) is 6.80. The zero-order chi connectivity index (χ0) is 42.9. The molecule has 4 aliphatic rings. The van der Waals surface area contributed by atoms with Crippen molar-refractivity contribution in [3.8, 4) is 0 Å². The lowest BCUT2D eigenvalue weighted by Gasteiger charge is -2.47. The molecule has 0 aromatic carbocycles. The number of rotatable bonds is 7. The Morgan fingerprint density at radius 3 is 2.29 bits per heavy atom. The monoisotopic (exact) mass is 816 g/mol. The summed E-state index contributed by atoms with van der Waals surface area (Å²) >= 11 is 0. The number of carbonyl (C=O) groups excluding carboxylic acids is 4. The van der Waals surface area contributed by atoms with Gasteiger partial charge in [-0.25, -0.2) is 4.79 Å². The Morgan fingerprint density at radius 2 is 1.66 bits per heavy atom. The molecular formula is C46H73NO11. The van der Waals surface area contributed by atoms with Crippen molar-refractivity contribution in [2.24, 2.45) is 29.6 Å². The molecule has 2 bridgehead atoms. The first-order valence-corrected chi connectivity index (χ1v) is 21.8. The lowest BCUT2D eigenvalue weighted by molar-refractivity contribution is -0.302. The van der Waals surface area contributed by atoms with E-state index in [2.05, 4.69) is 19.1 Å². The van der Waals surface area contributed by atoms with E-state index in [9.17, 15) is 29.4 Å². The molecule has 4 rings (SSSR count). The van der Waals surface area contributed by atoms with Crippen LogP contribution in [0.3, 0.4) is 0 Å². The number of aliphatic hydroxyl groups is 2. The van der Waals surface area contributed by atoms with Gasteiger partial charge in [-0.05, 0) is 128 Å². The largest absolute Gasteiger partial charge is 0.493 e. The van der Waals surface area contributed by atoms with E-state index in [0.29, 0.717) is 64.2 Å². The predicted molar refractivity (Wildman–Crippen MR) is 220 cm³/mol. The van der Waals surface area contributed by atoms with Crippen LogP contribution in [0.25, 0.3) is 0 Å². The van der Waals surface area contributed by atoms with Crippen molar-refractivity contribution in [2.45, 2.75) is 181 Å². The number of hydrogen-bond donors (Lipinski definition) is 2. The van der Waals surface area contributed by atoms with E-state index in [0.717, 1.165) is 23.3 Å². The minimum Gasteiger partial charge on any atom is -0.493 e. The lowest BCUT2D eigenvalue weighted by Crippen LogP contribution is -2.64. The Kier molecular flexibility index (Phi) is 17.8. The maximum Gasteiger partial charge on any atom is 0.329 e. The second kappa shape index (κ2) is 21.6. The number of piperidine rings is 1. The number of Topliss-reactive ketones (excluding diaryl/α,β-unsaturated/α-hetero) is 2. The van der Waals surface area contributed by atoms with Gasteiger partial charge in [0.1, 0.15) is 30.1 Å². The molecule has 58 heavy (non-hydrogen) atoms. The highest BCUT2D eigenvalue weighted by Gasteiger charge is 2.56. The second-order valence-corrected chi connectivity index (χ2v) is 17.8. The molecule has 2 saturated heterocycles. The maximum atomic E-state index is 14.3. The fraction of sp³-hybridized carbons (Fsp3) is 0.783. The van der Waals surface area contributed by atoms with Crippen molar-refractivity contribution in [1.29, 1.82) is 0 Å². The molecule has 13 unspecified atom stereocenters. The number of esters is 1. The zero-order valence-electron chi connectivity index (χ0n) is 36.9. The van der Waals surface area contributed by atoms with Crippen molar-refractivity contribution in [3.05, 3.63) is 35.1 Å². The Morgan fingerprint density at radius 1 is 0.966 bits per heavy atom. The summed E-state index contributed by atoms with van der Waals surface area (Å²) in [5.74, 6) is -5.55. The normalized spacial score (nSPS) is 39.5. The summed E-state index contributed by atoms with van der Waals surface area (Å²) in [5.41, 5.74) is 1.88. The van der Waals surface area contributed by atoms with Gasteiger partial charge in [-0.1, -0.05) is 45.4 Å². The molecule has 0 aromatic heterocycles. The van der Waals surface area contributed by atoms with Crippen LogP contribution < -0.4 is 0 Å². The number of allylic oxidation sites excluding steroid dienone is 5. The molecule has 1 saturated carbocycles. The SMILES string of the molecule is CC=C(C)OC1CCC(C=C(C)C2OC(=O)C3CCCCN3C(=O)C(=O)C3(O)OC(C(OC)CC(C)C/C(C)=C/C(CC)C(=O)CCC2C)C(OC)CC3C)CC1O. The summed E-state index contributed by atoms with van der Waals surface area (Å²) in [6, 6.07) is -1.05. The Labute approximate surface area is 347 Å². The van der Waals surface area contributed by atoms with E-state index in [1.54, 1.807) is 21.1 Å². The van der Waals surface area contributed by atoms with Gasteiger partial charge in [0.15, 0.2) is 0 Å². The first-order valence-electron chi connectivity index (χ1n) is 21.8. The number of methoxy groups -OCH3 is 2. The third-order valence-corrected chi connectivity index (χ3v) is 13.2. The highest BCUT2D eigenvalue weighted by atomic mass is 16.7. The third-order valence-electron chi connectivity index (χ3n) is 13.2. The molecule has 12 heteroatoms. The van der Waals surface area contributed by atoms with Gasteiger partial charge in [0.25, 0.3) is 11.7 Å². The first-order chi connectivity index (χ1) is 27.5. The summed E-state index contributed by atoms with van der Waals surface area (Å²) in [7, 11) is 3.10. The van der Waals surface area contributed by atoms with Crippen molar-refractivity contribution in [3.63, 3.8) is 0 Å². The van der Waals surface area contributed by atoms with Crippen LogP contribution in [0.15, 0.2) is 35.1 Å². The van der Waals surface area contributed by atoms with Gasteiger partial charge >= 0.3 is 5.97 Å². The lowest BCUT2D eigenvalue weighted by atomic mass is 9.82. The van der Waals surface area contributed by atoms with Crippen LogP contribution in [-0.4, -0.2) is 108 Å². The topological polar surface area (TPSA) is 158 Å². The number of ether oxygens (including phenoxy) is 5. The summed E-state index contributed by atoms with van der Waals surface area (Å²) in [6.45, 7) is 15.6. The van der Waals surface area contributed by atoms with E-state index >= 15 is 0 Å². The molecule has 13 atom stereocenters. The average Bonchev–Trinajstić information content (AvgIpc) is 3.20. The van der Waals surface area contributed by atoms with E-state index in [-0.39, 0.29) is 48.5 Å². The van der Waals surface area contributed by atoms with E-state index in [1.165, 1.54) is 4.90 Å². The van der Waals surface area contributed by atoms with Crippen LogP contribution in [0.4, 0.5) is 0 Å². The van der Waals surface area contributed by atoms with Crippen molar-refractivity contribution < 1.29 is 53.1 Å². The van der Waals surface area contributed by atoms with E-state index in [4.69, 9.17) is 23.7 Å². The molecule has 1 aliphatic carbocycles. The van der Waals surface area contributed by atoms with E-state index < -0.39 is 65.9 Å². The number of nitrogens with zero attached hydrogens (tertiary/aromatic N) is 1. The molecule has 3 aliphatic heterocycles. The smallest absolute Gasteiger partial charge is 0.329 e. The van der Waals surface area contributed by atoms with Crippen molar-refractivity contribution in [1.82, 2.24) is 4.90 Å². The number of amides is 1. The molecule has 3 heterocycles. The standard InChI is InChI=1S/C46H73NO11/c1-11-32(8)56-38-19-17-33(26-37(38)49)24-30(6)41-29(5)16-18-36(48)34(12-2)22-27(3)21-28(4)23-39(54-9)42-40(55-10)25-31(7)46(53,58-42)43(50)44(51)47-20-14-13-15-35(47)45(52)57-41/h11,22,24,28-29,31,33-35,37-42,49,53H,12-21,23,25-26H2,1-10H3/b27-22+,30-24?,32-11?. The van der Waals surface area contributed by atoms with Crippen LogP contribution in [0.5, 0.6) is 0 Å². The van der Waals surface area contributed by atoms with Crippen LogP contribution in [0.1, 0.15) is 132 Å². The zero-order valence-corrected chi connectivity index (χ0v) is 36.9. The molecule has 3 fully saturated rings. The van der Waals surface area contributed by atoms with Crippen LogP contribution >= 0.6 is 0 Å². The van der Waals surface area contributed by atoms with Gasteiger partial charge in [0.05, 0.1) is 24.1 Å². The van der Waals surface area contributed by atoms with E-state index in [1.807, 2.05) is 47.6 Å². The number of aliphatic hydroxyl groups excluding tert-OH is 1. The van der Waals surface area contributed by atoms with Crippen LogP contribution in [0.2, 0.25) is 0 Å². The van der Waals surface area contributed by atoms with Crippen molar-refractivity contribution in [2.75, 3.05) is 20.8 Å². The van der Waals surface area contributed by atoms with Gasteiger partial charge in [-0.3, -0.25) is 14.4 Å².